The fourth-order valence-corrected chi connectivity index (χ4v) is 4.19. The summed E-state index contributed by atoms with van der Waals surface area (Å²) in [4.78, 5) is 24.4. The predicted molar refractivity (Wildman–Crippen MR) is 122 cm³/mol. The van der Waals surface area contributed by atoms with Gasteiger partial charge in [0.25, 0.3) is 0 Å². The molecule has 0 saturated heterocycles. The third kappa shape index (κ3) is 6.60. The lowest BCUT2D eigenvalue weighted by atomic mass is 9.98. The minimum Gasteiger partial charge on any atom is -0.478 e. The first-order chi connectivity index (χ1) is 16.4. The van der Waals surface area contributed by atoms with Gasteiger partial charge in [0.15, 0.2) is 9.84 Å². The summed E-state index contributed by atoms with van der Waals surface area (Å²) < 4.78 is 66.1. The van der Waals surface area contributed by atoms with Crippen molar-refractivity contribution in [2.75, 3.05) is 11.1 Å². The van der Waals surface area contributed by atoms with Crippen LogP contribution in [0.4, 0.5) is 18.9 Å². The van der Waals surface area contributed by atoms with Gasteiger partial charge in [-0.15, -0.1) is 13.2 Å². The van der Waals surface area contributed by atoms with Crippen molar-refractivity contribution in [1.29, 1.82) is 0 Å². The lowest BCUT2D eigenvalue weighted by Crippen LogP contribution is -2.18. The Hall–Kier alpha value is -3.86. The van der Waals surface area contributed by atoms with Crippen LogP contribution in [0.2, 0.25) is 0 Å². The number of halogens is 3. The van der Waals surface area contributed by atoms with Gasteiger partial charge in [-0.1, -0.05) is 43.3 Å². The Bertz CT molecular complexity index is 1350. The monoisotopic (exact) mass is 507 g/mol. The summed E-state index contributed by atoms with van der Waals surface area (Å²) in [6, 6.07) is 14.7. The summed E-state index contributed by atoms with van der Waals surface area (Å²) in [6.07, 6.45) is -5.08. The lowest BCUT2D eigenvalue weighted by Gasteiger charge is -2.15. The predicted octanol–water partition coefficient (Wildman–Crippen LogP) is 4.93. The number of rotatable bonds is 8. The van der Waals surface area contributed by atoms with Crippen molar-refractivity contribution in [2.24, 2.45) is 0 Å². The van der Waals surface area contributed by atoms with Crippen molar-refractivity contribution < 1.29 is 41.0 Å². The number of sulfone groups is 1. The number of benzene rings is 3. The highest BCUT2D eigenvalue weighted by Crippen LogP contribution is 2.36. The molecule has 35 heavy (non-hydrogen) atoms. The number of hydrogen-bond acceptors (Lipinski definition) is 5. The van der Waals surface area contributed by atoms with Crippen LogP contribution < -0.4 is 10.1 Å². The third-order valence-electron chi connectivity index (χ3n) is 4.96. The van der Waals surface area contributed by atoms with E-state index in [2.05, 4.69) is 10.1 Å². The Morgan fingerprint density at radius 2 is 1.63 bits per heavy atom. The minimum absolute atomic E-state index is 0.0249. The zero-order valence-electron chi connectivity index (χ0n) is 18.3. The molecular weight excluding hydrogens is 487 g/mol. The van der Waals surface area contributed by atoms with Crippen molar-refractivity contribution in [3.63, 3.8) is 0 Å². The average Bonchev–Trinajstić information content (AvgIpc) is 2.79. The molecule has 11 heteroatoms. The average molecular weight is 507 g/mol. The fourth-order valence-electron chi connectivity index (χ4n) is 3.31. The molecule has 0 aromatic heterocycles. The van der Waals surface area contributed by atoms with Gasteiger partial charge < -0.3 is 15.2 Å². The maximum Gasteiger partial charge on any atom is 0.573 e. The summed E-state index contributed by atoms with van der Waals surface area (Å²) >= 11 is 0. The summed E-state index contributed by atoms with van der Waals surface area (Å²) in [5.74, 6) is -2.53. The maximum absolute atomic E-state index is 12.8. The Kier molecular flexibility index (Phi) is 7.49. The molecule has 0 spiro atoms. The molecule has 0 atom stereocenters. The molecule has 0 unspecified atom stereocenters. The Balaban J connectivity index is 1.83. The van der Waals surface area contributed by atoms with Crippen LogP contribution in [0.5, 0.6) is 5.75 Å². The second kappa shape index (κ2) is 10.2. The van der Waals surface area contributed by atoms with Crippen molar-refractivity contribution in [2.45, 2.75) is 24.6 Å². The molecule has 3 aromatic carbocycles. The first kappa shape index (κ1) is 25.8. The van der Waals surface area contributed by atoms with Crippen LogP contribution in [-0.2, 0) is 21.1 Å². The van der Waals surface area contributed by atoms with E-state index < -0.39 is 33.8 Å². The van der Waals surface area contributed by atoms with Gasteiger partial charge in [0.1, 0.15) is 5.75 Å². The van der Waals surface area contributed by atoms with Gasteiger partial charge in [-0.05, 0) is 35.9 Å². The molecule has 1 amide bonds. The number of hydrogen-bond donors (Lipinski definition) is 2. The highest BCUT2D eigenvalue weighted by Gasteiger charge is 2.32. The first-order valence-corrected chi connectivity index (χ1v) is 11.9. The normalized spacial score (nSPS) is 11.7. The molecule has 0 aliphatic carbocycles. The molecule has 0 aliphatic rings. The summed E-state index contributed by atoms with van der Waals surface area (Å²) in [6.45, 7) is 1.52. The van der Waals surface area contributed by atoms with Crippen molar-refractivity contribution in [1.82, 2.24) is 0 Å². The van der Waals surface area contributed by atoms with Crippen LogP contribution in [0.25, 0.3) is 11.1 Å². The molecule has 0 bridgehead atoms. The molecule has 3 rings (SSSR count). The fraction of sp³-hybridized carbons (Fsp3) is 0.167. The van der Waals surface area contributed by atoms with Crippen LogP contribution in [0.1, 0.15) is 22.8 Å². The zero-order chi connectivity index (χ0) is 25.8. The van der Waals surface area contributed by atoms with E-state index in [0.29, 0.717) is 5.56 Å². The van der Waals surface area contributed by atoms with Gasteiger partial charge in [0.2, 0.25) is 5.91 Å². The van der Waals surface area contributed by atoms with Gasteiger partial charge in [0, 0.05) is 16.8 Å². The summed E-state index contributed by atoms with van der Waals surface area (Å²) in [5.41, 5.74) is 0.210. The Morgan fingerprint density at radius 3 is 2.23 bits per heavy atom. The number of para-hydroxylation sites is 1. The summed E-state index contributed by atoms with van der Waals surface area (Å²) in [7, 11) is -3.37. The lowest BCUT2D eigenvalue weighted by molar-refractivity contribution is -0.274. The number of alkyl halides is 3. The largest absolute Gasteiger partial charge is 0.573 e. The van der Waals surface area contributed by atoms with Gasteiger partial charge in [-0.3, -0.25) is 4.79 Å². The van der Waals surface area contributed by atoms with E-state index >= 15 is 0 Å². The molecule has 3 aromatic rings. The van der Waals surface area contributed by atoms with Crippen LogP contribution in [0, 0.1) is 0 Å². The smallest absolute Gasteiger partial charge is 0.478 e. The van der Waals surface area contributed by atoms with Crippen LogP contribution in [-0.4, -0.2) is 37.5 Å². The number of carboxylic acid groups (broad SMARTS) is 1. The second-order valence-corrected chi connectivity index (χ2v) is 9.66. The van der Waals surface area contributed by atoms with Gasteiger partial charge >= 0.3 is 12.3 Å². The number of amides is 1. The highest BCUT2D eigenvalue weighted by molar-refractivity contribution is 7.91. The molecule has 0 radical (unpaired) electrons. The number of anilines is 1. The SMILES string of the molecule is CCS(=O)(=O)c1ccc(CC(=O)Nc2ccc(-c3ccccc3OC(F)(F)F)c(C(=O)O)c2)cc1. The Labute approximate surface area is 199 Å². The number of nitrogens with one attached hydrogen (secondary N) is 1. The highest BCUT2D eigenvalue weighted by atomic mass is 32.2. The van der Waals surface area contributed by atoms with E-state index in [0.717, 1.165) is 12.1 Å². The molecule has 184 valence electrons. The number of aromatic carboxylic acids is 1. The van der Waals surface area contributed by atoms with E-state index in [1.165, 1.54) is 61.5 Å². The van der Waals surface area contributed by atoms with Crippen LogP contribution >= 0.6 is 0 Å². The van der Waals surface area contributed by atoms with Gasteiger partial charge in [-0.2, -0.15) is 0 Å². The van der Waals surface area contributed by atoms with Gasteiger partial charge in [0.05, 0.1) is 22.6 Å². The zero-order valence-corrected chi connectivity index (χ0v) is 19.1. The molecule has 2 N–H and O–H groups in total. The molecule has 0 heterocycles. The van der Waals surface area contributed by atoms with Crippen molar-refractivity contribution in [3.8, 4) is 16.9 Å². The minimum atomic E-state index is -4.97. The molecule has 7 nitrogen and oxygen atoms in total. The number of ether oxygens (including phenoxy) is 1. The van der Waals surface area contributed by atoms with Crippen molar-refractivity contribution >= 4 is 27.4 Å². The summed E-state index contributed by atoms with van der Waals surface area (Å²) in [5, 5.41) is 12.2. The number of carbonyl (C=O) groups is 2. The first-order valence-electron chi connectivity index (χ1n) is 10.2. The van der Waals surface area contributed by atoms with E-state index in [1.54, 1.807) is 0 Å². The number of carboxylic acids is 1. The third-order valence-corrected chi connectivity index (χ3v) is 6.71. The topological polar surface area (TPSA) is 110 Å². The number of carbonyl (C=O) groups excluding carboxylic acids is 1. The van der Waals surface area contributed by atoms with E-state index in [9.17, 15) is 36.3 Å². The standard InChI is InChI=1S/C24H20F3NO6S/c1-2-35(32,33)17-10-7-15(8-11-17)13-22(29)28-16-9-12-18(20(14-16)23(30)31)19-5-3-4-6-21(19)34-24(25,26)27/h3-12,14H,2,13H2,1H3,(H,28,29)(H,30,31). The second-order valence-electron chi connectivity index (χ2n) is 7.38. The van der Waals surface area contributed by atoms with Gasteiger partial charge in [-0.25, -0.2) is 13.2 Å². The van der Waals surface area contributed by atoms with E-state index in [4.69, 9.17) is 0 Å². The van der Waals surface area contributed by atoms with E-state index in [1.807, 2.05) is 0 Å². The Morgan fingerprint density at radius 1 is 0.971 bits per heavy atom. The molecule has 0 saturated carbocycles. The molecular formula is C24H20F3NO6S. The van der Waals surface area contributed by atoms with Crippen LogP contribution in [0.15, 0.2) is 71.6 Å². The molecule has 0 fully saturated rings. The molecule has 0 aliphatic heterocycles. The van der Waals surface area contributed by atoms with E-state index in [-0.39, 0.29) is 39.4 Å². The van der Waals surface area contributed by atoms with Crippen molar-refractivity contribution in [3.05, 3.63) is 77.9 Å². The van der Waals surface area contributed by atoms with Crippen LogP contribution in [0.3, 0.4) is 0 Å². The quantitative estimate of drug-likeness (QED) is 0.448. The maximum atomic E-state index is 12.8.